The Morgan fingerprint density at radius 1 is 1.31 bits per heavy atom. The number of fused-ring (bicyclic) bond motifs is 1. The number of rotatable bonds is 2. The van der Waals surface area contributed by atoms with Gasteiger partial charge in [0.25, 0.3) is 0 Å². The minimum Gasteiger partial charge on any atom is -0.456 e. The molecule has 0 aromatic rings. The summed E-state index contributed by atoms with van der Waals surface area (Å²) in [7, 11) is 0. The van der Waals surface area contributed by atoms with Crippen molar-refractivity contribution in [1.29, 1.82) is 0 Å². The molecule has 2 saturated carbocycles. The zero-order chi connectivity index (χ0) is 11.6. The molecule has 2 fully saturated rings. The molecule has 0 heterocycles. The largest absolute Gasteiger partial charge is 0.456 e. The Kier molecular flexibility index (Phi) is 3.36. The molecule has 3 atom stereocenters. The summed E-state index contributed by atoms with van der Waals surface area (Å²) >= 11 is 0. The Morgan fingerprint density at radius 2 is 2.00 bits per heavy atom. The second-order valence-corrected chi connectivity index (χ2v) is 5.62. The summed E-state index contributed by atoms with van der Waals surface area (Å²) in [6.45, 7) is 5.55. The van der Waals surface area contributed by atoms with E-state index in [0.717, 1.165) is 24.7 Å². The van der Waals surface area contributed by atoms with E-state index < -0.39 is 0 Å². The Labute approximate surface area is 98.1 Å². The highest BCUT2D eigenvalue weighted by atomic mass is 16.6. The molecule has 0 amide bonds. The van der Waals surface area contributed by atoms with Crippen molar-refractivity contribution in [3.8, 4) is 0 Å². The van der Waals surface area contributed by atoms with Gasteiger partial charge in [-0.05, 0) is 38.0 Å². The van der Waals surface area contributed by atoms with Crippen LogP contribution in [0.5, 0.6) is 0 Å². The second-order valence-electron chi connectivity index (χ2n) is 5.62. The zero-order valence-electron chi connectivity index (χ0n) is 10.2. The van der Waals surface area contributed by atoms with Gasteiger partial charge < -0.3 is 4.74 Å². The summed E-state index contributed by atoms with van der Waals surface area (Å²) in [4.78, 5) is 11.3. The predicted molar refractivity (Wildman–Crippen MR) is 64.0 cm³/mol. The van der Waals surface area contributed by atoms with Gasteiger partial charge in [-0.3, -0.25) is 0 Å². The molecule has 0 N–H and O–H groups in total. The fraction of sp³-hybridized carbons (Fsp3) is 0.786. The van der Waals surface area contributed by atoms with E-state index >= 15 is 0 Å². The molecule has 0 aromatic heterocycles. The molecule has 2 aliphatic rings. The monoisotopic (exact) mass is 222 g/mol. The van der Waals surface area contributed by atoms with E-state index in [9.17, 15) is 4.79 Å². The first-order valence-electron chi connectivity index (χ1n) is 6.48. The molecule has 0 spiro atoms. The minimum absolute atomic E-state index is 0.232. The summed E-state index contributed by atoms with van der Waals surface area (Å²) in [5, 5.41) is 0. The van der Waals surface area contributed by atoms with Crippen LogP contribution in [0.4, 0.5) is 0 Å². The molecule has 2 nitrogen and oxygen atoms in total. The molecule has 2 aliphatic carbocycles. The van der Waals surface area contributed by atoms with Crippen molar-refractivity contribution in [3.05, 3.63) is 12.7 Å². The second kappa shape index (κ2) is 4.60. The van der Waals surface area contributed by atoms with Crippen molar-refractivity contribution in [1.82, 2.24) is 0 Å². The maximum atomic E-state index is 11.3. The van der Waals surface area contributed by atoms with Crippen LogP contribution in [0, 0.1) is 11.8 Å². The molecule has 2 unspecified atom stereocenters. The van der Waals surface area contributed by atoms with Crippen LogP contribution < -0.4 is 0 Å². The molecule has 0 saturated heterocycles. The minimum atomic E-state index is -0.267. The van der Waals surface area contributed by atoms with E-state index in [0.29, 0.717) is 0 Å². The van der Waals surface area contributed by atoms with Gasteiger partial charge in [0.05, 0.1) is 0 Å². The topological polar surface area (TPSA) is 26.3 Å². The fourth-order valence-electron chi connectivity index (χ4n) is 3.46. The highest BCUT2D eigenvalue weighted by molar-refractivity contribution is 5.81. The Morgan fingerprint density at radius 3 is 2.69 bits per heavy atom. The Balaban J connectivity index is 1.97. The zero-order valence-corrected chi connectivity index (χ0v) is 10.2. The van der Waals surface area contributed by atoms with Crippen LogP contribution in [-0.2, 0) is 9.53 Å². The first kappa shape index (κ1) is 11.7. The van der Waals surface area contributed by atoms with Gasteiger partial charge in [-0.25, -0.2) is 4.79 Å². The predicted octanol–water partition coefficient (Wildman–Crippen LogP) is 3.46. The quantitative estimate of drug-likeness (QED) is 0.528. The van der Waals surface area contributed by atoms with Gasteiger partial charge >= 0.3 is 5.97 Å². The smallest absolute Gasteiger partial charge is 0.330 e. The molecular formula is C14H22O2. The highest BCUT2D eigenvalue weighted by Crippen LogP contribution is 2.45. The van der Waals surface area contributed by atoms with Gasteiger partial charge in [-0.1, -0.05) is 32.3 Å². The third-order valence-electron chi connectivity index (χ3n) is 4.32. The molecule has 0 bridgehead atoms. The van der Waals surface area contributed by atoms with Gasteiger partial charge in [-0.2, -0.15) is 0 Å². The van der Waals surface area contributed by atoms with Crippen LogP contribution in [0.25, 0.3) is 0 Å². The number of hydrogen-bond acceptors (Lipinski definition) is 2. The number of hydrogen-bond donors (Lipinski definition) is 0. The Bertz CT molecular complexity index is 284. The summed E-state index contributed by atoms with van der Waals surface area (Å²) in [6.07, 6.45) is 10.0. The normalized spacial score (nSPS) is 38.6. The molecule has 0 aliphatic heterocycles. The van der Waals surface area contributed by atoms with E-state index in [2.05, 4.69) is 13.5 Å². The molecule has 16 heavy (non-hydrogen) atoms. The van der Waals surface area contributed by atoms with E-state index in [1.807, 2.05) is 0 Å². The van der Waals surface area contributed by atoms with Crippen molar-refractivity contribution in [2.24, 2.45) is 11.8 Å². The molecular weight excluding hydrogens is 200 g/mol. The molecule has 2 rings (SSSR count). The highest BCUT2D eigenvalue weighted by Gasteiger charge is 2.40. The van der Waals surface area contributed by atoms with Crippen molar-refractivity contribution < 1.29 is 9.53 Å². The van der Waals surface area contributed by atoms with Crippen LogP contribution >= 0.6 is 0 Å². The fourth-order valence-corrected chi connectivity index (χ4v) is 3.46. The number of carbonyl (C=O) groups is 1. The molecule has 90 valence electrons. The summed E-state index contributed by atoms with van der Waals surface area (Å²) in [6, 6.07) is 0. The maximum absolute atomic E-state index is 11.3. The van der Waals surface area contributed by atoms with Crippen LogP contribution in [0.1, 0.15) is 51.9 Å². The maximum Gasteiger partial charge on any atom is 0.330 e. The van der Waals surface area contributed by atoms with Crippen LogP contribution in [-0.4, -0.2) is 11.6 Å². The first-order valence-corrected chi connectivity index (χ1v) is 6.48. The molecule has 0 radical (unpaired) electrons. The standard InChI is InChI=1S/C14H22O2/c1-3-13(15)16-14(2)9-8-11-6-4-5-7-12(11)10-14/h3,11-12H,1,4-10H2,2H3/t11?,12-,14?/m1/s1. The lowest BCUT2D eigenvalue weighted by Gasteiger charge is -2.44. The van der Waals surface area contributed by atoms with E-state index in [1.165, 1.54) is 38.2 Å². The van der Waals surface area contributed by atoms with Crippen LogP contribution in [0.15, 0.2) is 12.7 Å². The van der Waals surface area contributed by atoms with Crippen LogP contribution in [0.3, 0.4) is 0 Å². The molecule has 0 aromatic carbocycles. The van der Waals surface area contributed by atoms with Crippen LogP contribution in [0.2, 0.25) is 0 Å². The third-order valence-corrected chi connectivity index (χ3v) is 4.32. The number of carbonyl (C=O) groups excluding carboxylic acids is 1. The lowest BCUT2D eigenvalue weighted by molar-refractivity contribution is -0.158. The van der Waals surface area contributed by atoms with Gasteiger partial charge in [0, 0.05) is 6.08 Å². The van der Waals surface area contributed by atoms with Crippen molar-refractivity contribution in [2.75, 3.05) is 0 Å². The van der Waals surface area contributed by atoms with E-state index in [-0.39, 0.29) is 11.6 Å². The van der Waals surface area contributed by atoms with Gasteiger partial charge in [0.1, 0.15) is 5.60 Å². The van der Waals surface area contributed by atoms with Gasteiger partial charge in [-0.15, -0.1) is 0 Å². The SMILES string of the molecule is C=CC(=O)OC1(C)CCC2CCCC[C@@H]2C1. The van der Waals surface area contributed by atoms with Gasteiger partial charge in [0.2, 0.25) is 0 Å². The first-order chi connectivity index (χ1) is 7.63. The van der Waals surface area contributed by atoms with E-state index in [4.69, 9.17) is 4.74 Å². The summed E-state index contributed by atoms with van der Waals surface area (Å²) in [5.74, 6) is 1.41. The summed E-state index contributed by atoms with van der Waals surface area (Å²) < 4.78 is 5.52. The van der Waals surface area contributed by atoms with Gasteiger partial charge in [0.15, 0.2) is 0 Å². The average molecular weight is 222 g/mol. The Hall–Kier alpha value is -0.790. The molecule has 2 heteroatoms. The lowest BCUT2D eigenvalue weighted by atomic mass is 9.66. The van der Waals surface area contributed by atoms with Crippen molar-refractivity contribution in [3.63, 3.8) is 0 Å². The average Bonchev–Trinajstić information content (AvgIpc) is 2.28. The number of ether oxygens (including phenoxy) is 1. The van der Waals surface area contributed by atoms with Crippen molar-refractivity contribution in [2.45, 2.75) is 57.5 Å². The van der Waals surface area contributed by atoms with E-state index in [1.54, 1.807) is 0 Å². The lowest BCUT2D eigenvalue weighted by Crippen LogP contribution is -2.41. The third kappa shape index (κ3) is 2.47. The van der Waals surface area contributed by atoms with Crippen molar-refractivity contribution >= 4 is 5.97 Å². The number of esters is 1. The summed E-state index contributed by atoms with van der Waals surface area (Å²) in [5.41, 5.74) is -0.232.